The molecule has 0 aliphatic carbocycles. The third kappa shape index (κ3) is 3.13. The van der Waals surface area contributed by atoms with Crippen LogP contribution in [-0.2, 0) is 20.7 Å². The van der Waals surface area contributed by atoms with Gasteiger partial charge in [0.15, 0.2) is 6.10 Å². The number of thiophene rings is 1. The van der Waals surface area contributed by atoms with Gasteiger partial charge in [-0.3, -0.25) is 0 Å². The molecule has 3 heterocycles. The molecule has 136 valence electrons. The molecular weight excluding hydrogens is 396 g/mol. The second-order valence-corrected chi connectivity index (χ2v) is 6.77. The van der Waals surface area contributed by atoms with Gasteiger partial charge in [0.05, 0.1) is 10.6 Å². The fourth-order valence-corrected chi connectivity index (χ4v) is 3.77. The molecule has 25 heavy (non-hydrogen) atoms. The quantitative estimate of drug-likeness (QED) is 0.570. The summed E-state index contributed by atoms with van der Waals surface area (Å²) in [6.07, 6.45) is -14.5. The molecule has 1 aliphatic heterocycles. The molecule has 0 aromatic carbocycles. The van der Waals surface area contributed by atoms with Crippen LogP contribution in [0.1, 0.15) is 5.69 Å². The van der Waals surface area contributed by atoms with Gasteiger partial charge in [-0.05, 0) is 11.4 Å². The molecule has 1 atom stereocenters. The Labute approximate surface area is 144 Å². The molecule has 1 saturated heterocycles. The Kier molecular flexibility index (Phi) is 4.32. The van der Waals surface area contributed by atoms with Gasteiger partial charge < -0.3 is 9.47 Å². The number of nitrogens with zero attached hydrogens (tertiary/aromatic N) is 1. The average molecular weight is 403 g/mol. The lowest BCUT2D eigenvalue weighted by atomic mass is 10.2. The lowest BCUT2D eigenvalue weighted by Crippen LogP contribution is -2.58. The first kappa shape index (κ1) is 18.1. The van der Waals surface area contributed by atoms with Gasteiger partial charge in [0.2, 0.25) is 0 Å². The molecule has 1 aliphatic rings. The van der Waals surface area contributed by atoms with Gasteiger partial charge in [-0.1, -0.05) is 6.07 Å². The molecule has 1 fully saturated rings. The molecule has 0 bridgehead atoms. The first-order chi connectivity index (χ1) is 11.5. The largest absolute Gasteiger partial charge is 0.465 e. The van der Waals surface area contributed by atoms with E-state index in [0.717, 1.165) is 16.2 Å². The number of alkyl halides is 6. The summed E-state index contributed by atoms with van der Waals surface area (Å²) >= 11 is 2.52. The zero-order chi connectivity index (χ0) is 18.5. The number of cyclic esters (lactones) is 1. The van der Waals surface area contributed by atoms with E-state index in [9.17, 15) is 31.1 Å². The summed E-state index contributed by atoms with van der Waals surface area (Å²) in [5.74, 6) is -6.69. The number of carbonyl (C=O) groups is 1. The number of halogens is 6. The Morgan fingerprint density at radius 3 is 2.36 bits per heavy atom. The van der Waals surface area contributed by atoms with Crippen LogP contribution in [0.15, 0.2) is 22.9 Å². The summed E-state index contributed by atoms with van der Waals surface area (Å²) in [5, 5.41) is 3.76. The topological polar surface area (TPSA) is 48.4 Å². The Balaban J connectivity index is 1.82. The number of ether oxygens (including phenoxy) is 2. The van der Waals surface area contributed by atoms with E-state index in [1.165, 1.54) is 16.7 Å². The highest BCUT2D eigenvalue weighted by molar-refractivity contribution is 7.20. The number of thiazole rings is 1. The highest BCUT2D eigenvalue weighted by atomic mass is 32.1. The van der Waals surface area contributed by atoms with E-state index in [-0.39, 0.29) is 5.69 Å². The standard InChI is InChI=1S/C13H7F6NO3S2/c14-12(15,16)11(13(17,18)19)22-7(10(21)23-11)4-6-5-25-9(20-6)8-2-1-3-24-8/h1-3,5,7H,4H2. The van der Waals surface area contributed by atoms with E-state index in [0.29, 0.717) is 5.01 Å². The fourth-order valence-electron chi connectivity index (χ4n) is 2.12. The van der Waals surface area contributed by atoms with Crippen molar-refractivity contribution in [3.63, 3.8) is 0 Å². The maximum atomic E-state index is 12.9. The Hall–Kier alpha value is -1.66. The number of esters is 1. The van der Waals surface area contributed by atoms with Crippen LogP contribution in [0.3, 0.4) is 0 Å². The van der Waals surface area contributed by atoms with Crippen molar-refractivity contribution >= 4 is 28.6 Å². The molecule has 0 radical (unpaired) electrons. The molecule has 0 amide bonds. The minimum Gasteiger partial charge on any atom is -0.414 e. The third-order valence-electron chi connectivity index (χ3n) is 3.24. The highest BCUT2D eigenvalue weighted by Crippen LogP contribution is 2.50. The zero-order valence-corrected chi connectivity index (χ0v) is 13.5. The molecular formula is C13H7F6NO3S2. The number of carbonyl (C=O) groups excluding carboxylic acids is 1. The zero-order valence-electron chi connectivity index (χ0n) is 11.9. The van der Waals surface area contributed by atoms with Crippen molar-refractivity contribution < 1.29 is 40.6 Å². The maximum absolute atomic E-state index is 12.9. The second-order valence-electron chi connectivity index (χ2n) is 4.97. The fraction of sp³-hybridized carbons (Fsp3) is 0.385. The first-order valence-corrected chi connectivity index (χ1v) is 8.32. The average Bonchev–Trinajstić information content (AvgIpc) is 3.18. The monoisotopic (exact) mass is 403 g/mol. The lowest BCUT2D eigenvalue weighted by molar-refractivity contribution is -0.439. The van der Waals surface area contributed by atoms with Crippen LogP contribution in [0.5, 0.6) is 0 Å². The molecule has 0 spiro atoms. The number of hydrogen-bond acceptors (Lipinski definition) is 6. The minimum absolute atomic E-state index is 0.135. The van der Waals surface area contributed by atoms with E-state index in [1.807, 2.05) is 0 Å². The highest BCUT2D eigenvalue weighted by Gasteiger charge is 2.80. The summed E-state index contributed by atoms with van der Waals surface area (Å²) in [5.41, 5.74) is 0.135. The van der Waals surface area contributed by atoms with Gasteiger partial charge in [-0.25, -0.2) is 9.78 Å². The SMILES string of the molecule is O=C1OC(C(F)(F)F)(C(F)(F)F)OC1Cc1csc(-c2cccs2)n1. The van der Waals surface area contributed by atoms with Crippen molar-refractivity contribution in [3.8, 4) is 9.88 Å². The molecule has 3 rings (SSSR count). The van der Waals surface area contributed by atoms with Crippen LogP contribution in [0, 0.1) is 0 Å². The smallest absolute Gasteiger partial charge is 0.414 e. The molecule has 4 nitrogen and oxygen atoms in total. The van der Waals surface area contributed by atoms with Crippen molar-refractivity contribution in [1.82, 2.24) is 4.98 Å². The van der Waals surface area contributed by atoms with Gasteiger partial charge in [-0.15, -0.1) is 22.7 Å². The predicted molar refractivity (Wildman–Crippen MR) is 74.9 cm³/mol. The van der Waals surface area contributed by atoms with Gasteiger partial charge in [0.1, 0.15) is 5.01 Å². The second kappa shape index (κ2) is 5.95. The number of aromatic nitrogens is 1. The van der Waals surface area contributed by atoms with E-state index in [1.54, 1.807) is 17.5 Å². The lowest BCUT2D eigenvalue weighted by Gasteiger charge is -2.30. The van der Waals surface area contributed by atoms with Crippen molar-refractivity contribution in [2.24, 2.45) is 0 Å². The summed E-state index contributed by atoms with van der Waals surface area (Å²) < 4.78 is 84.8. The van der Waals surface area contributed by atoms with Crippen molar-refractivity contribution in [1.29, 1.82) is 0 Å². The Morgan fingerprint density at radius 1 is 1.16 bits per heavy atom. The van der Waals surface area contributed by atoms with Crippen molar-refractivity contribution in [2.45, 2.75) is 30.7 Å². The maximum Gasteiger partial charge on any atom is 0.465 e. The predicted octanol–water partition coefficient (Wildman–Crippen LogP) is 4.18. The van der Waals surface area contributed by atoms with Crippen molar-refractivity contribution in [3.05, 3.63) is 28.6 Å². The van der Waals surface area contributed by atoms with Crippen LogP contribution < -0.4 is 0 Å². The summed E-state index contributed by atoms with van der Waals surface area (Å²) in [7, 11) is 0. The van der Waals surface area contributed by atoms with Gasteiger partial charge in [0, 0.05) is 11.8 Å². The third-order valence-corrected chi connectivity index (χ3v) is 5.17. The molecule has 1 unspecified atom stereocenters. The van der Waals surface area contributed by atoms with Crippen LogP contribution in [0.4, 0.5) is 26.3 Å². The molecule has 0 N–H and O–H groups in total. The minimum atomic E-state index is -5.96. The van der Waals surface area contributed by atoms with E-state index < -0.39 is 36.6 Å². The normalized spacial score (nSPS) is 20.7. The van der Waals surface area contributed by atoms with Crippen LogP contribution in [0.2, 0.25) is 0 Å². The number of rotatable bonds is 3. The van der Waals surface area contributed by atoms with Crippen LogP contribution in [0.25, 0.3) is 9.88 Å². The summed E-state index contributed by atoms with van der Waals surface area (Å²) in [6, 6.07) is 3.52. The van der Waals surface area contributed by atoms with E-state index >= 15 is 0 Å². The molecule has 12 heteroatoms. The van der Waals surface area contributed by atoms with E-state index in [2.05, 4.69) is 14.5 Å². The van der Waals surface area contributed by atoms with E-state index in [4.69, 9.17) is 0 Å². The van der Waals surface area contributed by atoms with Gasteiger partial charge >= 0.3 is 24.1 Å². The van der Waals surface area contributed by atoms with Gasteiger partial charge in [0.25, 0.3) is 0 Å². The first-order valence-electron chi connectivity index (χ1n) is 6.56. The molecule has 2 aromatic heterocycles. The summed E-state index contributed by atoms with van der Waals surface area (Å²) in [6.45, 7) is 0. The Bertz CT molecular complexity index is 754. The summed E-state index contributed by atoms with van der Waals surface area (Å²) in [4.78, 5) is 16.4. The van der Waals surface area contributed by atoms with Crippen LogP contribution in [-0.4, -0.2) is 35.2 Å². The number of hydrogen-bond donors (Lipinski definition) is 0. The van der Waals surface area contributed by atoms with Gasteiger partial charge in [-0.2, -0.15) is 26.3 Å². The molecule has 0 saturated carbocycles. The molecule has 2 aromatic rings. The van der Waals surface area contributed by atoms with Crippen LogP contribution >= 0.6 is 22.7 Å². The van der Waals surface area contributed by atoms with Crippen molar-refractivity contribution in [2.75, 3.05) is 0 Å². The Morgan fingerprint density at radius 2 is 1.84 bits per heavy atom.